The second kappa shape index (κ2) is 10.4. The van der Waals surface area contributed by atoms with Gasteiger partial charge in [-0.25, -0.2) is 4.79 Å². The molecule has 3 aromatic rings. The van der Waals surface area contributed by atoms with Crippen LogP contribution >= 0.6 is 11.6 Å². The Morgan fingerprint density at radius 3 is 2.42 bits per heavy atom. The zero-order valence-corrected chi connectivity index (χ0v) is 17.6. The fraction of sp³-hybridized carbons (Fsp3) is 0.174. The van der Waals surface area contributed by atoms with Crippen molar-refractivity contribution in [2.24, 2.45) is 0 Å². The Bertz CT molecular complexity index is 1100. The monoisotopic (exact) mass is 440 g/mol. The molecule has 0 atom stereocenters. The number of anilines is 1. The van der Waals surface area contributed by atoms with Gasteiger partial charge in [0.1, 0.15) is 5.75 Å². The number of amides is 2. The lowest BCUT2D eigenvalue weighted by Gasteiger charge is -2.17. The Balaban J connectivity index is 1.41. The molecule has 160 valence electrons. The Morgan fingerprint density at radius 2 is 1.65 bits per heavy atom. The second-order valence-corrected chi connectivity index (χ2v) is 7.14. The van der Waals surface area contributed by atoms with Crippen LogP contribution in [0, 0.1) is 0 Å². The molecule has 0 heterocycles. The molecule has 0 saturated heterocycles. The van der Waals surface area contributed by atoms with E-state index in [1.807, 2.05) is 36.4 Å². The van der Waals surface area contributed by atoms with Gasteiger partial charge in [0.25, 0.3) is 5.91 Å². The number of carbonyl (C=O) groups is 3. The van der Waals surface area contributed by atoms with Crippen LogP contribution in [0.25, 0.3) is 10.8 Å². The first-order chi connectivity index (χ1) is 14.9. The van der Waals surface area contributed by atoms with E-state index in [4.69, 9.17) is 21.1 Å². The average molecular weight is 441 g/mol. The van der Waals surface area contributed by atoms with E-state index in [2.05, 4.69) is 5.32 Å². The van der Waals surface area contributed by atoms with Gasteiger partial charge in [0.15, 0.2) is 13.2 Å². The molecule has 0 unspecified atom stereocenters. The Labute approximate surface area is 184 Å². The lowest BCUT2D eigenvalue weighted by Crippen LogP contribution is -2.37. The highest BCUT2D eigenvalue weighted by Gasteiger charge is 2.16. The minimum atomic E-state index is -0.685. The Kier molecular flexibility index (Phi) is 7.45. The molecule has 31 heavy (non-hydrogen) atoms. The molecule has 2 amide bonds. The molecule has 0 saturated carbocycles. The van der Waals surface area contributed by atoms with Crippen LogP contribution in [0.4, 0.5) is 5.69 Å². The number of rotatable bonds is 8. The van der Waals surface area contributed by atoms with Gasteiger partial charge in [-0.1, -0.05) is 54.1 Å². The minimum Gasteiger partial charge on any atom is -0.482 e. The van der Waals surface area contributed by atoms with Gasteiger partial charge < -0.3 is 19.7 Å². The highest BCUT2D eigenvalue weighted by Crippen LogP contribution is 2.21. The molecule has 0 fully saturated rings. The molecule has 0 radical (unpaired) electrons. The molecule has 0 aliphatic heterocycles. The first-order valence-electron chi connectivity index (χ1n) is 9.48. The Morgan fingerprint density at radius 1 is 0.935 bits per heavy atom. The topological polar surface area (TPSA) is 84.9 Å². The maximum absolute atomic E-state index is 12.1. The van der Waals surface area contributed by atoms with Crippen LogP contribution in [0.15, 0.2) is 66.7 Å². The summed E-state index contributed by atoms with van der Waals surface area (Å²) in [7, 11) is 1.44. The summed E-state index contributed by atoms with van der Waals surface area (Å²) in [6, 6.07) is 20.0. The summed E-state index contributed by atoms with van der Waals surface area (Å²) < 4.78 is 10.4. The third kappa shape index (κ3) is 6.45. The molecule has 3 rings (SSSR count). The van der Waals surface area contributed by atoms with Crippen LogP contribution in [-0.4, -0.2) is 49.5 Å². The van der Waals surface area contributed by atoms with Crippen molar-refractivity contribution >= 4 is 45.8 Å². The number of likely N-dealkylation sites (N-methyl/N-ethyl adjacent to an activating group) is 1. The molecular weight excluding hydrogens is 420 g/mol. The molecule has 1 N–H and O–H groups in total. The number of hydrogen-bond donors (Lipinski definition) is 1. The lowest BCUT2D eigenvalue weighted by molar-refractivity contribution is -0.153. The van der Waals surface area contributed by atoms with Crippen LogP contribution in [0.5, 0.6) is 5.75 Å². The summed E-state index contributed by atoms with van der Waals surface area (Å²) >= 11 is 5.99. The van der Waals surface area contributed by atoms with E-state index >= 15 is 0 Å². The molecule has 0 spiro atoms. The highest BCUT2D eigenvalue weighted by atomic mass is 35.5. The number of halogens is 1. The fourth-order valence-electron chi connectivity index (χ4n) is 2.75. The van der Waals surface area contributed by atoms with E-state index in [0.717, 1.165) is 15.7 Å². The van der Waals surface area contributed by atoms with E-state index in [1.165, 1.54) is 7.05 Å². The van der Waals surface area contributed by atoms with Crippen LogP contribution in [0.3, 0.4) is 0 Å². The number of nitrogens with zero attached hydrogens (tertiary/aromatic N) is 1. The highest BCUT2D eigenvalue weighted by molar-refractivity contribution is 6.33. The summed E-state index contributed by atoms with van der Waals surface area (Å²) in [6.45, 7) is -1.03. The number of carbonyl (C=O) groups excluding carboxylic acids is 3. The lowest BCUT2D eigenvalue weighted by atomic mass is 10.1. The SMILES string of the molecule is CN(CC(=O)Nc1ccccc1Cl)C(=O)COC(=O)COc1ccc2ccccc2c1. The standard InChI is InChI=1S/C23H21ClN2O5/c1-26(13-21(27)25-20-9-5-4-8-19(20)24)22(28)14-31-23(29)15-30-18-11-10-16-6-2-3-7-17(16)12-18/h2-12H,13-15H2,1H3,(H,25,27). The predicted molar refractivity (Wildman–Crippen MR) is 118 cm³/mol. The first-order valence-corrected chi connectivity index (χ1v) is 9.86. The van der Waals surface area contributed by atoms with Crippen molar-refractivity contribution in [2.45, 2.75) is 0 Å². The fourth-order valence-corrected chi connectivity index (χ4v) is 2.93. The van der Waals surface area contributed by atoms with Crippen molar-refractivity contribution < 1.29 is 23.9 Å². The third-order valence-electron chi connectivity index (χ3n) is 4.39. The van der Waals surface area contributed by atoms with Gasteiger partial charge in [-0.3, -0.25) is 9.59 Å². The van der Waals surface area contributed by atoms with Crippen LogP contribution in [0.2, 0.25) is 5.02 Å². The third-order valence-corrected chi connectivity index (χ3v) is 4.72. The second-order valence-electron chi connectivity index (χ2n) is 6.74. The number of benzene rings is 3. The van der Waals surface area contributed by atoms with E-state index < -0.39 is 24.4 Å². The summed E-state index contributed by atoms with van der Waals surface area (Å²) in [6.07, 6.45) is 0. The number of ether oxygens (including phenoxy) is 2. The normalized spacial score (nSPS) is 10.4. The smallest absolute Gasteiger partial charge is 0.344 e. The van der Waals surface area contributed by atoms with Crippen LogP contribution < -0.4 is 10.1 Å². The van der Waals surface area contributed by atoms with Gasteiger partial charge in [0.05, 0.1) is 17.3 Å². The average Bonchev–Trinajstić information content (AvgIpc) is 2.77. The van der Waals surface area contributed by atoms with Gasteiger partial charge >= 0.3 is 5.97 Å². The summed E-state index contributed by atoms with van der Waals surface area (Å²) in [5, 5.41) is 5.06. The molecule has 0 aliphatic carbocycles. The van der Waals surface area contributed by atoms with Crippen molar-refractivity contribution in [2.75, 3.05) is 32.1 Å². The van der Waals surface area contributed by atoms with Crippen molar-refractivity contribution in [1.82, 2.24) is 4.90 Å². The maximum atomic E-state index is 12.1. The maximum Gasteiger partial charge on any atom is 0.344 e. The van der Waals surface area contributed by atoms with Gasteiger partial charge in [-0.2, -0.15) is 0 Å². The Hall–Kier alpha value is -3.58. The van der Waals surface area contributed by atoms with Crippen molar-refractivity contribution in [3.05, 3.63) is 71.8 Å². The molecule has 0 aliphatic rings. The molecule has 7 nitrogen and oxygen atoms in total. The quantitative estimate of drug-likeness (QED) is 0.542. The number of esters is 1. The zero-order chi connectivity index (χ0) is 22.2. The van der Waals surface area contributed by atoms with E-state index in [0.29, 0.717) is 16.5 Å². The molecule has 8 heteroatoms. The van der Waals surface area contributed by atoms with E-state index in [9.17, 15) is 14.4 Å². The molecule has 0 aromatic heterocycles. The summed E-state index contributed by atoms with van der Waals surface area (Å²) in [4.78, 5) is 37.3. The summed E-state index contributed by atoms with van der Waals surface area (Å²) in [5.41, 5.74) is 0.451. The van der Waals surface area contributed by atoms with Crippen molar-refractivity contribution in [1.29, 1.82) is 0 Å². The molecule has 3 aromatic carbocycles. The van der Waals surface area contributed by atoms with Crippen molar-refractivity contribution in [3.63, 3.8) is 0 Å². The number of para-hydroxylation sites is 1. The van der Waals surface area contributed by atoms with E-state index in [1.54, 1.807) is 30.3 Å². The van der Waals surface area contributed by atoms with Gasteiger partial charge in [-0.15, -0.1) is 0 Å². The van der Waals surface area contributed by atoms with Crippen molar-refractivity contribution in [3.8, 4) is 5.75 Å². The minimum absolute atomic E-state index is 0.213. The van der Waals surface area contributed by atoms with Crippen LogP contribution in [-0.2, 0) is 19.1 Å². The van der Waals surface area contributed by atoms with Gasteiger partial charge in [-0.05, 0) is 35.0 Å². The molecular formula is C23H21ClN2O5. The number of nitrogens with one attached hydrogen (secondary N) is 1. The van der Waals surface area contributed by atoms with Gasteiger partial charge in [0.2, 0.25) is 5.91 Å². The number of fused-ring (bicyclic) bond motifs is 1. The predicted octanol–water partition coefficient (Wildman–Crippen LogP) is 3.51. The number of hydrogen-bond acceptors (Lipinski definition) is 5. The first kappa shape index (κ1) is 22.1. The van der Waals surface area contributed by atoms with Gasteiger partial charge in [0, 0.05) is 7.05 Å². The largest absolute Gasteiger partial charge is 0.482 e. The molecule has 0 bridgehead atoms. The van der Waals surface area contributed by atoms with E-state index in [-0.39, 0.29) is 13.2 Å². The summed E-state index contributed by atoms with van der Waals surface area (Å²) in [5.74, 6) is -1.10. The van der Waals surface area contributed by atoms with Crippen LogP contribution in [0.1, 0.15) is 0 Å². The zero-order valence-electron chi connectivity index (χ0n) is 16.8.